The van der Waals surface area contributed by atoms with Crippen molar-refractivity contribution in [2.45, 2.75) is 32.6 Å². The molecule has 0 bridgehead atoms. The molecule has 0 aliphatic heterocycles. The highest BCUT2D eigenvalue weighted by molar-refractivity contribution is 6.21. The van der Waals surface area contributed by atoms with Crippen molar-refractivity contribution in [1.82, 2.24) is 5.32 Å². The molecule has 0 aliphatic rings. The number of benzene rings is 1. The van der Waals surface area contributed by atoms with Gasteiger partial charge in [0.1, 0.15) is 5.82 Å². The third kappa shape index (κ3) is 5.50. The molecule has 100 valence electrons. The van der Waals surface area contributed by atoms with E-state index in [2.05, 4.69) is 26.1 Å². The summed E-state index contributed by atoms with van der Waals surface area (Å²) in [4.78, 5) is 11.7. The van der Waals surface area contributed by atoms with Crippen LogP contribution in [0.4, 0.5) is 4.39 Å². The van der Waals surface area contributed by atoms with Crippen molar-refractivity contribution < 1.29 is 9.18 Å². The van der Waals surface area contributed by atoms with E-state index in [0.717, 1.165) is 6.42 Å². The van der Waals surface area contributed by atoms with Crippen molar-refractivity contribution in [3.63, 3.8) is 0 Å². The summed E-state index contributed by atoms with van der Waals surface area (Å²) in [7, 11) is 0. The van der Waals surface area contributed by atoms with Gasteiger partial charge in [-0.05, 0) is 36.1 Å². The molecule has 2 nitrogen and oxygen atoms in total. The van der Waals surface area contributed by atoms with Crippen molar-refractivity contribution in [3.8, 4) is 0 Å². The molecule has 1 rings (SSSR count). The van der Waals surface area contributed by atoms with Crippen LogP contribution in [0.5, 0.6) is 0 Å². The molecule has 0 fully saturated rings. The maximum absolute atomic E-state index is 12.7. The average Bonchev–Trinajstić information content (AvgIpc) is 2.24. The van der Waals surface area contributed by atoms with E-state index in [1.54, 1.807) is 0 Å². The molecule has 1 unspecified atom stereocenters. The summed E-state index contributed by atoms with van der Waals surface area (Å²) >= 11 is 6.15. The maximum atomic E-state index is 12.7. The van der Waals surface area contributed by atoms with Gasteiger partial charge in [0.25, 0.3) is 5.91 Å². The second-order valence-corrected chi connectivity index (χ2v) is 6.20. The van der Waals surface area contributed by atoms with E-state index in [1.807, 2.05) is 0 Å². The first-order valence-electron chi connectivity index (χ1n) is 5.96. The molecule has 1 aromatic carbocycles. The second kappa shape index (κ2) is 6.19. The third-order valence-corrected chi connectivity index (χ3v) is 2.73. The van der Waals surface area contributed by atoms with Gasteiger partial charge in [0, 0.05) is 12.1 Å². The van der Waals surface area contributed by atoms with Crippen LogP contribution in [0.1, 0.15) is 37.6 Å². The smallest absolute Gasteiger partial charge is 0.251 e. The second-order valence-electron chi connectivity index (χ2n) is 5.58. The number of hydrogen-bond acceptors (Lipinski definition) is 1. The van der Waals surface area contributed by atoms with Crippen LogP contribution in [0.2, 0.25) is 0 Å². The Kier molecular flexibility index (Phi) is 5.15. The first-order chi connectivity index (χ1) is 8.28. The highest BCUT2D eigenvalue weighted by atomic mass is 35.5. The van der Waals surface area contributed by atoms with E-state index in [9.17, 15) is 9.18 Å². The van der Waals surface area contributed by atoms with Crippen molar-refractivity contribution in [3.05, 3.63) is 35.6 Å². The minimum atomic E-state index is -0.352. The molecule has 1 amide bonds. The zero-order valence-corrected chi connectivity index (χ0v) is 11.7. The molecule has 0 saturated carbocycles. The number of nitrogens with one attached hydrogen (secondary N) is 1. The molecule has 4 heteroatoms. The predicted molar refractivity (Wildman–Crippen MR) is 72.4 cm³/mol. The van der Waals surface area contributed by atoms with Crippen LogP contribution in [0, 0.1) is 11.2 Å². The van der Waals surface area contributed by atoms with Crippen LogP contribution in [0.25, 0.3) is 0 Å². The molecule has 0 heterocycles. The van der Waals surface area contributed by atoms with Crippen LogP contribution >= 0.6 is 11.6 Å². The molecule has 1 atom stereocenters. The monoisotopic (exact) mass is 271 g/mol. The van der Waals surface area contributed by atoms with E-state index < -0.39 is 0 Å². The van der Waals surface area contributed by atoms with Crippen molar-refractivity contribution in [2.24, 2.45) is 5.41 Å². The fourth-order valence-electron chi connectivity index (χ4n) is 1.64. The zero-order chi connectivity index (χ0) is 13.8. The van der Waals surface area contributed by atoms with Gasteiger partial charge in [-0.1, -0.05) is 20.8 Å². The fourth-order valence-corrected chi connectivity index (χ4v) is 2.18. The molecule has 0 spiro atoms. The Morgan fingerprint density at radius 3 is 2.39 bits per heavy atom. The van der Waals surface area contributed by atoms with E-state index in [-0.39, 0.29) is 22.5 Å². The number of alkyl halides is 1. The fraction of sp³-hybridized carbons (Fsp3) is 0.500. The maximum Gasteiger partial charge on any atom is 0.251 e. The van der Waals surface area contributed by atoms with Gasteiger partial charge in [0.05, 0.1) is 5.38 Å². The van der Waals surface area contributed by atoms with Crippen LogP contribution in [0.3, 0.4) is 0 Å². The molecule has 0 saturated heterocycles. The normalized spacial score (nSPS) is 13.2. The minimum Gasteiger partial charge on any atom is -0.351 e. The number of amides is 1. The molecule has 0 aromatic heterocycles. The van der Waals surface area contributed by atoms with Crippen molar-refractivity contribution >= 4 is 17.5 Å². The topological polar surface area (TPSA) is 29.1 Å². The Labute approximate surface area is 113 Å². The van der Waals surface area contributed by atoms with Crippen LogP contribution in [-0.4, -0.2) is 17.8 Å². The van der Waals surface area contributed by atoms with Gasteiger partial charge < -0.3 is 5.32 Å². The Morgan fingerprint density at radius 1 is 1.33 bits per heavy atom. The Balaban J connectivity index is 2.44. The first kappa shape index (κ1) is 15.0. The van der Waals surface area contributed by atoms with Gasteiger partial charge in [0.2, 0.25) is 0 Å². The van der Waals surface area contributed by atoms with Crippen molar-refractivity contribution in [1.29, 1.82) is 0 Å². The van der Waals surface area contributed by atoms with Gasteiger partial charge in [-0.15, -0.1) is 11.6 Å². The molecule has 1 aromatic rings. The van der Waals surface area contributed by atoms with Gasteiger partial charge in [0.15, 0.2) is 0 Å². The Hall–Kier alpha value is -1.09. The highest BCUT2D eigenvalue weighted by Gasteiger charge is 2.17. The Bertz CT molecular complexity index is 397. The van der Waals surface area contributed by atoms with Gasteiger partial charge in [-0.25, -0.2) is 4.39 Å². The number of carbonyl (C=O) groups is 1. The Morgan fingerprint density at radius 2 is 1.89 bits per heavy atom. The van der Waals surface area contributed by atoms with Crippen LogP contribution < -0.4 is 5.32 Å². The summed E-state index contributed by atoms with van der Waals surface area (Å²) in [5.74, 6) is -0.580. The summed E-state index contributed by atoms with van der Waals surface area (Å²) in [6.45, 7) is 6.72. The largest absolute Gasteiger partial charge is 0.351 e. The number of halogens is 2. The third-order valence-electron chi connectivity index (χ3n) is 2.42. The minimum absolute atomic E-state index is 0.102. The summed E-state index contributed by atoms with van der Waals surface area (Å²) < 4.78 is 12.7. The lowest BCUT2D eigenvalue weighted by atomic mass is 9.90. The van der Waals surface area contributed by atoms with Gasteiger partial charge >= 0.3 is 0 Å². The van der Waals surface area contributed by atoms with Crippen molar-refractivity contribution in [2.75, 3.05) is 6.54 Å². The lowest BCUT2D eigenvalue weighted by Crippen LogP contribution is -2.31. The molecule has 0 aliphatic carbocycles. The number of carbonyl (C=O) groups excluding carboxylic acids is 1. The van der Waals surface area contributed by atoms with E-state index >= 15 is 0 Å². The summed E-state index contributed by atoms with van der Waals surface area (Å²) in [6, 6.07) is 5.44. The van der Waals surface area contributed by atoms with E-state index in [0.29, 0.717) is 12.1 Å². The summed E-state index contributed by atoms with van der Waals surface area (Å²) in [6.07, 6.45) is 0.818. The van der Waals surface area contributed by atoms with E-state index in [4.69, 9.17) is 11.6 Å². The molecular formula is C14H19ClFNO. The molecular weight excluding hydrogens is 253 g/mol. The van der Waals surface area contributed by atoms with Gasteiger partial charge in [-0.2, -0.15) is 0 Å². The van der Waals surface area contributed by atoms with Gasteiger partial charge in [-0.3, -0.25) is 4.79 Å². The predicted octanol–water partition coefficient (Wildman–Crippen LogP) is 3.60. The van der Waals surface area contributed by atoms with E-state index in [1.165, 1.54) is 24.3 Å². The lowest BCUT2D eigenvalue weighted by Gasteiger charge is -2.21. The SMILES string of the molecule is CC(C)(C)CC(Cl)CNC(=O)c1ccc(F)cc1. The standard InChI is InChI=1S/C14H19ClFNO/c1-14(2,3)8-11(15)9-17-13(18)10-4-6-12(16)7-5-10/h4-7,11H,8-9H2,1-3H3,(H,17,18). The molecule has 18 heavy (non-hydrogen) atoms. The average molecular weight is 272 g/mol. The molecule has 0 radical (unpaired) electrons. The summed E-state index contributed by atoms with van der Waals surface area (Å²) in [5.41, 5.74) is 0.573. The quantitative estimate of drug-likeness (QED) is 0.833. The zero-order valence-electron chi connectivity index (χ0n) is 11.0. The highest BCUT2D eigenvalue weighted by Crippen LogP contribution is 2.23. The molecule has 1 N–H and O–H groups in total. The lowest BCUT2D eigenvalue weighted by molar-refractivity contribution is 0.0952. The summed E-state index contributed by atoms with van der Waals surface area (Å²) in [5, 5.41) is 2.65. The number of rotatable bonds is 4. The first-order valence-corrected chi connectivity index (χ1v) is 6.39. The van der Waals surface area contributed by atoms with Crippen LogP contribution in [0.15, 0.2) is 24.3 Å². The number of hydrogen-bond donors (Lipinski definition) is 1. The van der Waals surface area contributed by atoms with Crippen LogP contribution in [-0.2, 0) is 0 Å².